The zero-order valence-electron chi connectivity index (χ0n) is 20.0. The summed E-state index contributed by atoms with van der Waals surface area (Å²) in [5.41, 5.74) is 4.45. The van der Waals surface area contributed by atoms with Crippen LogP contribution in [0.2, 0.25) is 0 Å². The summed E-state index contributed by atoms with van der Waals surface area (Å²) in [6, 6.07) is 1.21. The number of hydrogen-bond acceptors (Lipinski definition) is 16. The monoisotopic (exact) mass is 611 g/mol. The van der Waals surface area contributed by atoms with Crippen molar-refractivity contribution in [2.75, 3.05) is 18.9 Å². The van der Waals surface area contributed by atoms with Gasteiger partial charge in [0.25, 0.3) is 0 Å². The Bertz CT molecular complexity index is 1080. The summed E-state index contributed by atoms with van der Waals surface area (Å²) < 4.78 is 48.0. The number of phosphoric ester groups is 2. The first-order valence-corrected chi connectivity index (χ1v) is 13.0. The van der Waals surface area contributed by atoms with E-state index in [1.165, 1.54) is 6.07 Å². The first-order valence-electron chi connectivity index (χ1n) is 10.0. The van der Waals surface area contributed by atoms with Gasteiger partial charge < -0.3 is 55.6 Å². The van der Waals surface area contributed by atoms with Crippen LogP contribution in [0.15, 0.2) is 17.1 Å². The molecule has 0 bridgehead atoms. The Morgan fingerprint density at radius 3 is 1.89 bits per heavy atom. The first kappa shape index (κ1) is 36.6. The first-order chi connectivity index (χ1) is 16.6. The van der Waals surface area contributed by atoms with Crippen molar-refractivity contribution in [3.8, 4) is 0 Å². The maximum absolute atomic E-state index is 12.1. The number of ether oxygens (including phenoxy) is 2. The number of nitrogens with zero attached hydrogens (tertiary/aromatic N) is 2. The van der Waals surface area contributed by atoms with E-state index in [9.17, 15) is 54.4 Å². The fraction of sp³-hybridized carbons (Fsp3) is 0.733. The Balaban J connectivity index is 0.00000361. The molecule has 3 rings (SSSR count). The van der Waals surface area contributed by atoms with Crippen molar-refractivity contribution in [2.45, 2.75) is 55.2 Å². The molecule has 1 aromatic rings. The van der Waals surface area contributed by atoms with E-state index in [0.717, 1.165) is 10.8 Å². The molecule has 1 aromatic heterocycles. The zero-order chi connectivity index (χ0) is 27.0. The number of anilines is 1. The molecule has 3 heterocycles. The minimum Gasteiger partial charge on any atom is -0.387 e. The van der Waals surface area contributed by atoms with Gasteiger partial charge >= 0.3 is 21.3 Å². The predicted octanol–water partition coefficient (Wildman–Crippen LogP) is -5.27. The Labute approximate surface area is 257 Å². The third-order valence-corrected chi connectivity index (χ3v) is 7.76. The normalized spacial score (nSPS) is 36.4. The molecular weight excluding hydrogens is 586 g/mol. The Morgan fingerprint density at radius 1 is 0.868 bits per heavy atom. The van der Waals surface area contributed by atoms with Crippen LogP contribution in [0.5, 0.6) is 0 Å². The molecule has 0 saturated carbocycles. The van der Waals surface area contributed by atoms with Crippen LogP contribution in [0.4, 0.5) is 5.82 Å². The molecule has 2 aliphatic rings. The number of phosphoric acid groups is 2. The summed E-state index contributed by atoms with van der Waals surface area (Å²) in [5.74, 6) is -0.118. The summed E-state index contributed by atoms with van der Waals surface area (Å²) in [7, 11) is -10.8. The van der Waals surface area contributed by atoms with Gasteiger partial charge in [-0.2, -0.15) is 9.29 Å². The average Bonchev–Trinajstić information content (AvgIpc) is 3.05. The number of nitrogens with two attached hydrogens (primary N) is 1. The predicted molar refractivity (Wildman–Crippen MR) is 122 cm³/mol. The van der Waals surface area contributed by atoms with Crippen LogP contribution in [0.1, 0.15) is 6.23 Å². The standard InChI is InChI=1S/C15H25N3O16P2.2Na/c16-7-1-2-18(15(25)17-7)13-11(22)9(20)5(32-13)3-30-35(26,27)34-36(28,29)31-4-6-8(19)10(21)12(23)14(24)33-6;;/h1-2,5-6,8-14,19-24H,3-4H2,(H,26,27)(H,28,29)(H2,16,17,25);;. The number of aliphatic hydroxyl groups is 6. The fourth-order valence-electron chi connectivity index (χ4n) is 3.30. The van der Waals surface area contributed by atoms with Gasteiger partial charge in [0.2, 0.25) is 0 Å². The summed E-state index contributed by atoms with van der Waals surface area (Å²) in [5, 5.41) is 58.5. The molecule has 2 saturated heterocycles. The van der Waals surface area contributed by atoms with Gasteiger partial charge in [0.1, 0.15) is 48.5 Å². The van der Waals surface area contributed by atoms with Crippen LogP contribution in [0.25, 0.3) is 0 Å². The van der Waals surface area contributed by atoms with Crippen molar-refractivity contribution in [2.24, 2.45) is 0 Å². The van der Waals surface area contributed by atoms with Gasteiger partial charge in [-0.05, 0) is 6.07 Å². The molecule has 2 aliphatic heterocycles. The van der Waals surface area contributed by atoms with Crippen molar-refractivity contribution in [1.29, 1.82) is 0 Å². The van der Waals surface area contributed by atoms with E-state index in [-0.39, 0.29) is 64.9 Å². The van der Waals surface area contributed by atoms with E-state index in [2.05, 4.69) is 18.3 Å². The molecule has 11 unspecified atom stereocenters. The van der Waals surface area contributed by atoms with E-state index in [1.807, 2.05) is 0 Å². The van der Waals surface area contributed by atoms with E-state index in [0.29, 0.717) is 0 Å². The van der Waals surface area contributed by atoms with Gasteiger partial charge in [0.05, 0.1) is 13.2 Å². The van der Waals surface area contributed by atoms with Crippen LogP contribution >= 0.6 is 15.6 Å². The molecule has 0 aromatic carbocycles. The molecule has 23 heteroatoms. The molecule has 0 aliphatic carbocycles. The smallest absolute Gasteiger partial charge is 0.387 e. The third kappa shape index (κ3) is 9.06. The van der Waals surface area contributed by atoms with Crippen molar-refractivity contribution >= 4 is 80.6 Å². The average molecular weight is 611 g/mol. The van der Waals surface area contributed by atoms with Crippen molar-refractivity contribution < 1.29 is 72.4 Å². The number of rotatable bonds is 9. The van der Waals surface area contributed by atoms with Gasteiger partial charge in [-0.3, -0.25) is 13.6 Å². The molecule has 38 heavy (non-hydrogen) atoms. The van der Waals surface area contributed by atoms with Crippen LogP contribution in [-0.4, -0.2) is 171 Å². The van der Waals surface area contributed by atoms with Gasteiger partial charge in [0.15, 0.2) is 12.5 Å². The topological polar surface area (TPSA) is 303 Å². The maximum Gasteiger partial charge on any atom is 0.481 e. The molecule has 0 spiro atoms. The number of nitrogen functional groups attached to an aromatic ring is 1. The van der Waals surface area contributed by atoms with E-state index in [1.54, 1.807) is 0 Å². The zero-order valence-corrected chi connectivity index (χ0v) is 25.8. The third-order valence-electron chi connectivity index (χ3n) is 5.16. The molecule has 11 atom stereocenters. The van der Waals surface area contributed by atoms with Crippen molar-refractivity contribution in [1.82, 2.24) is 9.55 Å². The minimum atomic E-state index is -5.40. The summed E-state index contributed by atoms with van der Waals surface area (Å²) in [4.78, 5) is 34.8. The van der Waals surface area contributed by atoms with Crippen LogP contribution < -0.4 is 11.4 Å². The van der Waals surface area contributed by atoms with Crippen molar-refractivity contribution in [3.05, 3.63) is 22.7 Å². The van der Waals surface area contributed by atoms with E-state index in [4.69, 9.17) is 15.2 Å². The fourth-order valence-corrected chi connectivity index (χ4v) is 5.39. The second-order valence-electron chi connectivity index (χ2n) is 7.74. The quantitative estimate of drug-likeness (QED) is 0.0930. The molecule has 0 amide bonds. The van der Waals surface area contributed by atoms with Crippen LogP contribution in [-0.2, 0) is 32.0 Å². The van der Waals surface area contributed by atoms with E-state index < -0.39 is 89.8 Å². The minimum absolute atomic E-state index is 0. The SMILES string of the molecule is Nc1ccn(C2OC(COP(=O)(O)OP(=O)(O)OCC3OC(O)C(O)C(O)C3O)C(O)C2O)c(=O)n1.[Na].[Na]. The maximum atomic E-state index is 12.1. The molecular formula is C15H25N3Na2O16P2. The Kier molecular flexibility index (Phi) is 14.2. The molecule has 19 nitrogen and oxygen atoms in total. The van der Waals surface area contributed by atoms with Crippen LogP contribution in [0.3, 0.4) is 0 Å². The molecule has 208 valence electrons. The van der Waals surface area contributed by atoms with Gasteiger partial charge in [-0.1, -0.05) is 0 Å². The summed E-state index contributed by atoms with van der Waals surface area (Å²) in [6.07, 6.45) is -14.6. The second-order valence-corrected chi connectivity index (χ2v) is 10.8. The van der Waals surface area contributed by atoms with Crippen LogP contribution in [0, 0.1) is 0 Å². The van der Waals surface area contributed by atoms with Gasteiger partial charge in [-0.15, -0.1) is 0 Å². The second kappa shape index (κ2) is 14.7. The number of aliphatic hydroxyl groups excluding tert-OH is 6. The van der Waals surface area contributed by atoms with Gasteiger partial charge in [-0.25, -0.2) is 13.9 Å². The Morgan fingerprint density at radius 2 is 1.37 bits per heavy atom. The van der Waals surface area contributed by atoms with Crippen molar-refractivity contribution in [3.63, 3.8) is 0 Å². The molecule has 10 N–H and O–H groups in total. The number of aromatic nitrogens is 2. The number of hydrogen-bond donors (Lipinski definition) is 9. The summed E-state index contributed by atoms with van der Waals surface area (Å²) >= 11 is 0. The molecule has 2 fully saturated rings. The van der Waals surface area contributed by atoms with E-state index >= 15 is 0 Å². The van der Waals surface area contributed by atoms with Gasteiger partial charge in [0, 0.05) is 65.3 Å². The Hall–Kier alpha value is 0.620. The molecule has 2 radical (unpaired) electrons. The largest absolute Gasteiger partial charge is 0.481 e. The summed E-state index contributed by atoms with van der Waals surface area (Å²) in [6.45, 7) is -2.02.